The van der Waals surface area contributed by atoms with Crippen LogP contribution in [0.3, 0.4) is 0 Å². The summed E-state index contributed by atoms with van der Waals surface area (Å²) in [6, 6.07) is 14.6. The van der Waals surface area contributed by atoms with Gasteiger partial charge in [-0.3, -0.25) is 4.79 Å². The highest BCUT2D eigenvalue weighted by atomic mass is 79.9. The van der Waals surface area contributed by atoms with Gasteiger partial charge in [-0.15, -0.1) is 0 Å². The fourth-order valence-electron chi connectivity index (χ4n) is 3.11. The molecule has 1 atom stereocenters. The van der Waals surface area contributed by atoms with E-state index < -0.39 is 0 Å². The van der Waals surface area contributed by atoms with E-state index >= 15 is 0 Å². The van der Waals surface area contributed by atoms with Crippen LogP contribution >= 0.6 is 27.5 Å². The number of amides is 1. The number of benzene rings is 2. The molecule has 28 heavy (non-hydrogen) atoms. The first-order valence-corrected chi connectivity index (χ1v) is 10.2. The lowest BCUT2D eigenvalue weighted by Crippen LogP contribution is -2.34. The first-order chi connectivity index (χ1) is 13.6. The first kappa shape index (κ1) is 19.2. The van der Waals surface area contributed by atoms with Gasteiger partial charge in [0.25, 0.3) is 5.91 Å². The van der Waals surface area contributed by atoms with Gasteiger partial charge in [0.2, 0.25) is 5.55 Å². The number of halogens is 2. The Hall–Kier alpha value is -2.15. The standard InChI is InChI=1S/C21H18BrClN2O3/c22-14-7-8-19-13(10-14)11-16(20(26)24-12-15-4-3-9-27-15)21(28-19)25-18-6-2-1-5-17(18)23/h1-2,5-8,10-11,15H,3-4,9,12H2,(H,24,26). The molecular formula is C21H18BrClN2O3. The molecule has 144 valence electrons. The number of para-hydroxylation sites is 1. The Morgan fingerprint density at radius 2 is 2.11 bits per heavy atom. The number of ether oxygens (including phenoxy) is 1. The van der Waals surface area contributed by atoms with Gasteiger partial charge in [0.05, 0.1) is 16.8 Å². The van der Waals surface area contributed by atoms with Gasteiger partial charge in [-0.25, -0.2) is 4.99 Å². The van der Waals surface area contributed by atoms with Crippen molar-refractivity contribution in [3.05, 3.63) is 69.1 Å². The van der Waals surface area contributed by atoms with E-state index in [2.05, 4.69) is 26.2 Å². The van der Waals surface area contributed by atoms with Crippen LogP contribution in [0.4, 0.5) is 5.69 Å². The SMILES string of the molecule is O=C(NCC1CCCO1)c1cc2cc(Br)ccc2oc1=Nc1ccccc1Cl. The monoisotopic (exact) mass is 460 g/mol. The van der Waals surface area contributed by atoms with Gasteiger partial charge >= 0.3 is 0 Å². The zero-order chi connectivity index (χ0) is 19.5. The van der Waals surface area contributed by atoms with Crippen molar-refractivity contribution in [2.24, 2.45) is 4.99 Å². The number of hydrogen-bond acceptors (Lipinski definition) is 4. The van der Waals surface area contributed by atoms with Crippen LogP contribution in [0.15, 0.2) is 62.4 Å². The summed E-state index contributed by atoms with van der Waals surface area (Å²) in [5.41, 5.74) is 1.73. The van der Waals surface area contributed by atoms with E-state index in [4.69, 9.17) is 20.8 Å². The second kappa shape index (κ2) is 8.47. The molecule has 7 heteroatoms. The number of hydrogen-bond donors (Lipinski definition) is 1. The molecule has 2 aromatic carbocycles. The predicted molar refractivity (Wildman–Crippen MR) is 112 cm³/mol. The van der Waals surface area contributed by atoms with Crippen molar-refractivity contribution in [3.63, 3.8) is 0 Å². The fraction of sp³-hybridized carbons (Fsp3) is 0.238. The summed E-state index contributed by atoms with van der Waals surface area (Å²) in [6.45, 7) is 1.20. The number of nitrogens with zero attached hydrogens (tertiary/aromatic N) is 1. The van der Waals surface area contributed by atoms with Crippen molar-refractivity contribution in [2.75, 3.05) is 13.2 Å². The predicted octanol–water partition coefficient (Wildman–Crippen LogP) is 4.99. The maximum atomic E-state index is 12.9. The summed E-state index contributed by atoms with van der Waals surface area (Å²) < 4.78 is 12.4. The Morgan fingerprint density at radius 1 is 1.25 bits per heavy atom. The summed E-state index contributed by atoms with van der Waals surface area (Å²) in [5, 5.41) is 4.22. The van der Waals surface area contributed by atoms with E-state index in [1.807, 2.05) is 30.3 Å². The molecule has 4 rings (SSSR count). The number of fused-ring (bicyclic) bond motifs is 1. The third-order valence-corrected chi connectivity index (χ3v) is 5.35. The second-order valence-corrected chi connectivity index (χ2v) is 7.88. The van der Waals surface area contributed by atoms with E-state index in [1.165, 1.54) is 0 Å². The maximum absolute atomic E-state index is 12.9. The Kier molecular flexibility index (Phi) is 5.80. The zero-order valence-electron chi connectivity index (χ0n) is 15.0. The van der Waals surface area contributed by atoms with Gasteiger partial charge in [-0.05, 0) is 49.2 Å². The van der Waals surface area contributed by atoms with Crippen LogP contribution in [0.2, 0.25) is 5.02 Å². The average Bonchev–Trinajstić information content (AvgIpc) is 3.21. The average molecular weight is 462 g/mol. The normalized spacial score (nSPS) is 17.2. The van der Waals surface area contributed by atoms with E-state index in [1.54, 1.807) is 18.2 Å². The van der Waals surface area contributed by atoms with E-state index in [0.29, 0.717) is 28.4 Å². The van der Waals surface area contributed by atoms with Gasteiger partial charge in [-0.1, -0.05) is 39.7 Å². The van der Waals surface area contributed by atoms with Crippen LogP contribution in [0.25, 0.3) is 11.0 Å². The Morgan fingerprint density at radius 3 is 2.89 bits per heavy atom. The Balaban J connectivity index is 1.77. The highest BCUT2D eigenvalue weighted by molar-refractivity contribution is 9.10. The van der Waals surface area contributed by atoms with E-state index in [-0.39, 0.29) is 17.6 Å². The zero-order valence-corrected chi connectivity index (χ0v) is 17.3. The highest BCUT2D eigenvalue weighted by Crippen LogP contribution is 2.24. The second-order valence-electron chi connectivity index (χ2n) is 6.56. The molecular weight excluding hydrogens is 444 g/mol. The summed E-state index contributed by atoms with van der Waals surface area (Å²) in [5.74, 6) is -0.257. The quantitative estimate of drug-likeness (QED) is 0.595. The smallest absolute Gasteiger partial charge is 0.256 e. The summed E-state index contributed by atoms with van der Waals surface area (Å²) in [7, 11) is 0. The molecule has 5 nitrogen and oxygen atoms in total. The number of rotatable bonds is 4. The van der Waals surface area contributed by atoms with Crippen molar-refractivity contribution in [1.82, 2.24) is 5.32 Å². The van der Waals surface area contributed by atoms with Crippen molar-refractivity contribution >= 4 is 50.1 Å². The van der Waals surface area contributed by atoms with Crippen LogP contribution in [-0.2, 0) is 4.74 Å². The van der Waals surface area contributed by atoms with Crippen LogP contribution in [-0.4, -0.2) is 25.2 Å². The van der Waals surface area contributed by atoms with E-state index in [9.17, 15) is 4.79 Å². The van der Waals surface area contributed by atoms with Gasteiger partial charge in [0, 0.05) is 23.0 Å². The van der Waals surface area contributed by atoms with Gasteiger partial charge in [0.15, 0.2) is 0 Å². The third kappa shape index (κ3) is 4.29. The topological polar surface area (TPSA) is 63.8 Å². The van der Waals surface area contributed by atoms with Gasteiger partial charge in [0.1, 0.15) is 11.1 Å². The lowest BCUT2D eigenvalue weighted by Gasteiger charge is -2.11. The van der Waals surface area contributed by atoms with Crippen molar-refractivity contribution < 1.29 is 13.9 Å². The minimum Gasteiger partial charge on any atom is -0.438 e. The largest absolute Gasteiger partial charge is 0.438 e. The molecule has 1 aliphatic rings. The molecule has 0 radical (unpaired) electrons. The van der Waals surface area contributed by atoms with Crippen LogP contribution in [0.5, 0.6) is 0 Å². The minimum atomic E-state index is -0.257. The first-order valence-electron chi connectivity index (χ1n) is 9.02. The lowest BCUT2D eigenvalue weighted by atomic mass is 10.1. The highest BCUT2D eigenvalue weighted by Gasteiger charge is 2.18. The van der Waals surface area contributed by atoms with Gasteiger partial charge < -0.3 is 14.5 Å². The molecule has 1 aliphatic heterocycles. The molecule has 1 N–H and O–H groups in total. The third-order valence-electron chi connectivity index (χ3n) is 4.54. The maximum Gasteiger partial charge on any atom is 0.256 e. The summed E-state index contributed by atoms with van der Waals surface area (Å²) in [6.07, 6.45) is 2.03. The molecule has 0 saturated carbocycles. The molecule has 1 amide bonds. The molecule has 2 heterocycles. The summed E-state index contributed by atoms with van der Waals surface area (Å²) >= 11 is 9.69. The lowest BCUT2D eigenvalue weighted by molar-refractivity contribution is 0.0854. The molecule has 1 unspecified atom stereocenters. The molecule has 0 spiro atoms. The molecule has 0 bridgehead atoms. The Bertz CT molecular complexity index is 1090. The molecule has 1 aromatic heterocycles. The van der Waals surface area contributed by atoms with Gasteiger partial charge in [-0.2, -0.15) is 0 Å². The summed E-state index contributed by atoms with van der Waals surface area (Å²) in [4.78, 5) is 17.4. The Labute approximate surface area is 175 Å². The number of carbonyl (C=O) groups is 1. The van der Waals surface area contributed by atoms with Crippen molar-refractivity contribution in [2.45, 2.75) is 18.9 Å². The van der Waals surface area contributed by atoms with Crippen LogP contribution in [0, 0.1) is 0 Å². The van der Waals surface area contributed by atoms with Crippen molar-refractivity contribution in [3.8, 4) is 0 Å². The molecule has 1 fully saturated rings. The molecule has 0 aliphatic carbocycles. The minimum absolute atomic E-state index is 0.0550. The number of carbonyl (C=O) groups excluding carboxylic acids is 1. The molecule has 1 saturated heterocycles. The fourth-order valence-corrected chi connectivity index (χ4v) is 3.66. The molecule has 3 aromatic rings. The van der Waals surface area contributed by atoms with E-state index in [0.717, 1.165) is 29.3 Å². The van der Waals surface area contributed by atoms with Crippen LogP contribution in [0.1, 0.15) is 23.2 Å². The number of nitrogens with one attached hydrogen (secondary N) is 1. The van der Waals surface area contributed by atoms with Crippen molar-refractivity contribution in [1.29, 1.82) is 0 Å². The van der Waals surface area contributed by atoms with Crippen LogP contribution < -0.4 is 10.9 Å².